The van der Waals surface area contributed by atoms with E-state index in [0.29, 0.717) is 12.4 Å². The zero-order chi connectivity index (χ0) is 10.4. The van der Waals surface area contributed by atoms with Crippen molar-refractivity contribution in [2.24, 2.45) is 5.73 Å². The van der Waals surface area contributed by atoms with Crippen molar-refractivity contribution in [2.75, 3.05) is 0 Å². The molecule has 14 heavy (non-hydrogen) atoms. The Morgan fingerprint density at radius 1 is 1.43 bits per heavy atom. The largest absolute Gasteiger partial charge is 0.493 e. The molecule has 3 nitrogen and oxygen atoms in total. The van der Waals surface area contributed by atoms with Crippen molar-refractivity contribution in [3.63, 3.8) is 0 Å². The van der Waals surface area contributed by atoms with Crippen molar-refractivity contribution in [3.05, 3.63) is 47.7 Å². The van der Waals surface area contributed by atoms with Gasteiger partial charge in [0.1, 0.15) is 6.61 Å². The summed E-state index contributed by atoms with van der Waals surface area (Å²) < 4.78 is 5.30. The van der Waals surface area contributed by atoms with Gasteiger partial charge in [-0.25, -0.2) is 0 Å². The molecule has 0 radical (unpaired) electrons. The van der Waals surface area contributed by atoms with Gasteiger partial charge in [0.2, 0.25) is 5.91 Å². The lowest BCUT2D eigenvalue weighted by Gasteiger charge is -2.05. The molecule has 74 valence electrons. The van der Waals surface area contributed by atoms with Crippen LogP contribution >= 0.6 is 0 Å². The lowest BCUT2D eigenvalue weighted by atomic mass is 10.2. The minimum absolute atomic E-state index is 0.455. The molecule has 0 saturated heterocycles. The smallest absolute Gasteiger partial charge is 0.244 e. The summed E-state index contributed by atoms with van der Waals surface area (Å²) in [5.41, 5.74) is 6.03. The fourth-order valence-electron chi connectivity index (χ4n) is 1.01. The van der Waals surface area contributed by atoms with E-state index in [0.717, 1.165) is 5.56 Å². The number of benzene rings is 1. The topological polar surface area (TPSA) is 52.3 Å². The molecule has 2 N–H and O–H groups in total. The van der Waals surface area contributed by atoms with E-state index in [4.69, 9.17) is 10.5 Å². The predicted molar refractivity (Wildman–Crippen MR) is 54.2 cm³/mol. The fourth-order valence-corrected chi connectivity index (χ4v) is 1.01. The number of hydrogen-bond acceptors (Lipinski definition) is 2. The van der Waals surface area contributed by atoms with Gasteiger partial charge >= 0.3 is 0 Å². The number of rotatable bonds is 4. The van der Waals surface area contributed by atoms with Gasteiger partial charge in [0.05, 0.1) is 5.76 Å². The summed E-state index contributed by atoms with van der Waals surface area (Å²) in [6.07, 6.45) is 1.27. The number of allylic oxidation sites excluding steroid dienone is 1. The molecule has 0 aromatic heterocycles. The van der Waals surface area contributed by atoms with Gasteiger partial charge in [-0.3, -0.25) is 4.79 Å². The van der Waals surface area contributed by atoms with Gasteiger partial charge in [0, 0.05) is 6.08 Å². The van der Waals surface area contributed by atoms with E-state index in [1.807, 2.05) is 30.3 Å². The summed E-state index contributed by atoms with van der Waals surface area (Å²) in [5, 5.41) is 0. The summed E-state index contributed by atoms with van der Waals surface area (Å²) >= 11 is 0. The molecule has 1 amide bonds. The van der Waals surface area contributed by atoms with Crippen LogP contribution in [0.3, 0.4) is 0 Å². The first kappa shape index (κ1) is 10.3. The first-order chi connectivity index (χ1) is 6.68. The highest BCUT2D eigenvalue weighted by Crippen LogP contribution is 2.04. The molecule has 0 spiro atoms. The predicted octanol–water partition coefficient (Wildman–Crippen LogP) is 1.59. The van der Waals surface area contributed by atoms with E-state index in [1.54, 1.807) is 6.92 Å². The van der Waals surface area contributed by atoms with E-state index in [9.17, 15) is 4.79 Å². The van der Waals surface area contributed by atoms with E-state index in [1.165, 1.54) is 6.08 Å². The second-order valence-electron chi connectivity index (χ2n) is 2.93. The lowest BCUT2D eigenvalue weighted by molar-refractivity contribution is -0.113. The first-order valence-electron chi connectivity index (χ1n) is 4.33. The number of nitrogens with two attached hydrogens (primary N) is 1. The highest BCUT2D eigenvalue weighted by molar-refractivity contribution is 5.86. The lowest BCUT2D eigenvalue weighted by Crippen LogP contribution is -2.07. The Morgan fingerprint density at radius 2 is 2.07 bits per heavy atom. The van der Waals surface area contributed by atoms with Crippen molar-refractivity contribution >= 4 is 5.91 Å². The molecular formula is C11H13NO2. The molecule has 1 aromatic rings. The maximum Gasteiger partial charge on any atom is 0.244 e. The highest BCUT2D eigenvalue weighted by atomic mass is 16.5. The van der Waals surface area contributed by atoms with Crippen molar-refractivity contribution in [1.29, 1.82) is 0 Å². The second kappa shape index (κ2) is 5.07. The van der Waals surface area contributed by atoms with Crippen LogP contribution in [0.2, 0.25) is 0 Å². The minimum atomic E-state index is -0.490. The Balaban J connectivity index is 2.45. The molecule has 0 bridgehead atoms. The van der Waals surface area contributed by atoms with Crippen molar-refractivity contribution in [1.82, 2.24) is 0 Å². The molecule has 0 aliphatic rings. The number of carbonyl (C=O) groups is 1. The maximum absolute atomic E-state index is 10.5. The molecule has 0 fully saturated rings. The Bertz CT molecular complexity index is 330. The molecule has 0 unspecified atom stereocenters. The summed E-state index contributed by atoms with van der Waals surface area (Å²) in [5.74, 6) is 0.0388. The summed E-state index contributed by atoms with van der Waals surface area (Å²) in [4.78, 5) is 10.5. The van der Waals surface area contributed by atoms with E-state index < -0.39 is 5.91 Å². The van der Waals surface area contributed by atoms with Gasteiger partial charge in [0.25, 0.3) is 0 Å². The van der Waals surface area contributed by atoms with Gasteiger partial charge < -0.3 is 10.5 Å². The Labute approximate surface area is 83.2 Å². The zero-order valence-corrected chi connectivity index (χ0v) is 8.07. The average molecular weight is 191 g/mol. The second-order valence-corrected chi connectivity index (χ2v) is 2.93. The molecule has 1 aromatic carbocycles. The van der Waals surface area contributed by atoms with Crippen LogP contribution in [0.15, 0.2) is 42.2 Å². The molecule has 0 aliphatic heterocycles. The fraction of sp³-hybridized carbons (Fsp3) is 0.182. The molecule has 0 heterocycles. The third kappa shape index (κ3) is 3.76. The molecule has 1 rings (SSSR count). The number of amides is 1. The molecule has 0 aliphatic carbocycles. The average Bonchev–Trinajstić information content (AvgIpc) is 2.15. The van der Waals surface area contributed by atoms with Crippen LogP contribution in [0.5, 0.6) is 0 Å². The molecule has 0 atom stereocenters. The SMILES string of the molecule is C/C(=C/C(N)=O)OCc1ccccc1. The standard InChI is InChI=1S/C11H13NO2/c1-9(7-11(12)13)14-8-10-5-3-2-4-6-10/h2-7H,8H2,1H3,(H2,12,13)/b9-7-. The van der Waals surface area contributed by atoms with Crippen LogP contribution in [0.4, 0.5) is 0 Å². The van der Waals surface area contributed by atoms with Gasteiger partial charge in [-0.15, -0.1) is 0 Å². The third-order valence-corrected chi connectivity index (χ3v) is 1.65. The van der Waals surface area contributed by atoms with E-state index in [2.05, 4.69) is 0 Å². The van der Waals surface area contributed by atoms with Crippen molar-refractivity contribution in [3.8, 4) is 0 Å². The number of ether oxygens (including phenoxy) is 1. The van der Waals surface area contributed by atoms with Crippen LogP contribution < -0.4 is 5.73 Å². The van der Waals surface area contributed by atoms with Crippen molar-refractivity contribution in [2.45, 2.75) is 13.5 Å². The third-order valence-electron chi connectivity index (χ3n) is 1.65. The summed E-state index contributed by atoms with van der Waals surface area (Å²) in [7, 11) is 0. The van der Waals surface area contributed by atoms with E-state index >= 15 is 0 Å². The van der Waals surface area contributed by atoms with Gasteiger partial charge in [-0.05, 0) is 12.5 Å². The van der Waals surface area contributed by atoms with Gasteiger partial charge in [-0.2, -0.15) is 0 Å². The number of hydrogen-bond donors (Lipinski definition) is 1. The van der Waals surface area contributed by atoms with Gasteiger partial charge in [0.15, 0.2) is 0 Å². The van der Waals surface area contributed by atoms with Crippen LogP contribution in [-0.2, 0) is 16.1 Å². The van der Waals surface area contributed by atoms with Crippen LogP contribution in [-0.4, -0.2) is 5.91 Å². The first-order valence-corrected chi connectivity index (χ1v) is 4.33. The monoisotopic (exact) mass is 191 g/mol. The van der Waals surface area contributed by atoms with Gasteiger partial charge in [-0.1, -0.05) is 30.3 Å². The summed E-state index contributed by atoms with van der Waals surface area (Å²) in [6.45, 7) is 2.16. The number of primary amides is 1. The number of carbonyl (C=O) groups excluding carboxylic acids is 1. The summed E-state index contributed by atoms with van der Waals surface area (Å²) in [6, 6.07) is 9.72. The normalized spacial score (nSPS) is 11.1. The van der Waals surface area contributed by atoms with Crippen LogP contribution in [0, 0.1) is 0 Å². The maximum atomic E-state index is 10.5. The van der Waals surface area contributed by atoms with Crippen molar-refractivity contribution < 1.29 is 9.53 Å². The molecule has 3 heteroatoms. The van der Waals surface area contributed by atoms with Crippen LogP contribution in [0.25, 0.3) is 0 Å². The highest BCUT2D eigenvalue weighted by Gasteiger charge is 1.94. The zero-order valence-electron chi connectivity index (χ0n) is 8.07. The minimum Gasteiger partial charge on any atom is -0.493 e. The van der Waals surface area contributed by atoms with Crippen LogP contribution in [0.1, 0.15) is 12.5 Å². The van der Waals surface area contributed by atoms with E-state index in [-0.39, 0.29) is 0 Å². The molecular weight excluding hydrogens is 178 g/mol. The Morgan fingerprint density at radius 3 is 2.64 bits per heavy atom. The molecule has 0 saturated carbocycles. The Kier molecular flexibility index (Phi) is 3.73. The quantitative estimate of drug-likeness (QED) is 0.580. The Hall–Kier alpha value is -1.77.